The van der Waals surface area contributed by atoms with Crippen molar-refractivity contribution in [1.82, 2.24) is 0 Å². The normalized spacial score (nSPS) is 33.9. The van der Waals surface area contributed by atoms with Crippen molar-refractivity contribution in [2.24, 2.45) is 17.8 Å². The van der Waals surface area contributed by atoms with Crippen molar-refractivity contribution in [1.29, 1.82) is 0 Å². The molecule has 19 heavy (non-hydrogen) atoms. The van der Waals surface area contributed by atoms with Crippen molar-refractivity contribution in [3.63, 3.8) is 0 Å². The van der Waals surface area contributed by atoms with Crippen LogP contribution in [0.15, 0.2) is 30.3 Å². The Morgan fingerprint density at radius 3 is 2.68 bits per heavy atom. The van der Waals surface area contributed by atoms with E-state index in [4.69, 9.17) is 0 Å². The van der Waals surface area contributed by atoms with Crippen LogP contribution in [0, 0.1) is 17.8 Å². The Morgan fingerprint density at radius 2 is 1.95 bits per heavy atom. The summed E-state index contributed by atoms with van der Waals surface area (Å²) in [6.07, 6.45) is 7.25. The van der Waals surface area contributed by atoms with Gasteiger partial charge in [0.25, 0.3) is 0 Å². The molecule has 2 saturated carbocycles. The van der Waals surface area contributed by atoms with Crippen LogP contribution in [0.2, 0.25) is 0 Å². The maximum atomic E-state index is 12.6. The summed E-state index contributed by atoms with van der Waals surface area (Å²) in [5.41, 5.74) is 1.36. The number of ketones is 1. The summed E-state index contributed by atoms with van der Waals surface area (Å²) in [6.45, 7) is 2.27. The van der Waals surface area contributed by atoms with Crippen molar-refractivity contribution in [2.75, 3.05) is 0 Å². The quantitative estimate of drug-likeness (QED) is 0.771. The Labute approximate surface area is 116 Å². The number of rotatable bonds is 4. The van der Waals surface area contributed by atoms with Crippen molar-refractivity contribution < 1.29 is 4.79 Å². The topological polar surface area (TPSA) is 17.1 Å². The van der Waals surface area contributed by atoms with E-state index in [9.17, 15) is 4.79 Å². The second kappa shape index (κ2) is 5.48. The van der Waals surface area contributed by atoms with Gasteiger partial charge >= 0.3 is 0 Å². The van der Waals surface area contributed by atoms with Gasteiger partial charge in [-0.25, -0.2) is 0 Å². The first kappa shape index (κ1) is 12.9. The summed E-state index contributed by atoms with van der Waals surface area (Å²) in [5.74, 6) is 2.61. The molecule has 3 rings (SSSR count). The zero-order valence-corrected chi connectivity index (χ0v) is 11.8. The molecule has 0 aliphatic heterocycles. The van der Waals surface area contributed by atoms with Crippen LogP contribution in [0.25, 0.3) is 0 Å². The third kappa shape index (κ3) is 2.75. The van der Waals surface area contributed by atoms with Crippen molar-refractivity contribution >= 4 is 5.78 Å². The van der Waals surface area contributed by atoms with Crippen LogP contribution >= 0.6 is 0 Å². The monoisotopic (exact) mass is 256 g/mol. The van der Waals surface area contributed by atoms with E-state index in [2.05, 4.69) is 37.3 Å². The highest BCUT2D eigenvalue weighted by atomic mass is 16.1. The molecule has 102 valence electrons. The Balaban J connectivity index is 1.60. The van der Waals surface area contributed by atoms with Crippen LogP contribution in [0.3, 0.4) is 0 Å². The fourth-order valence-electron chi connectivity index (χ4n) is 3.80. The van der Waals surface area contributed by atoms with Gasteiger partial charge in [0.2, 0.25) is 0 Å². The van der Waals surface area contributed by atoms with Gasteiger partial charge in [-0.1, -0.05) is 56.5 Å². The summed E-state index contributed by atoms with van der Waals surface area (Å²) >= 11 is 0. The van der Waals surface area contributed by atoms with Gasteiger partial charge in [0.1, 0.15) is 5.78 Å². The lowest BCUT2D eigenvalue weighted by Crippen LogP contribution is -2.24. The van der Waals surface area contributed by atoms with Gasteiger partial charge < -0.3 is 0 Å². The molecule has 0 spiro atoms. The van der Waals surface area contributed by atoms with E-state index >= 15 is 0 Å². The Morgan fingerprint density at radius 1 is 1.16 bits per heavy atom. The number of carbonyl (C=O) groups excluding carboxylic acids is 1. The number of hydrogen-bond donors (Lipinski definition) is 0. The number of Topliss-reactive ketones (excluding diaryl/α,β-unsaturated/α-hetero) is 1. The minimum atomic E-state index is 0.336. The molecule has 4 unspecified atom stereocenters. The molecule has 1 aromatic carbocycles. The van der Waals surface area contributed by atoms with Gasteiger partial charge in [-0.2, -0.15) is 0 Å². The van der Waals surface area contributed by atoms with Crippen LogP contribution in [0.4, 0.5) is 0 Å². The molecule has 2 aliphatic carbocycles. The van der Waals surface area contributed by atoms with Gasteiger partial charge in [0, 0.05) is 11.8 Å². The lowest BCUT2D eigenvalue weighted by molar-refractivity contribution is -0.125. The SMILES string of the molecule is CCC1CCCC(C(=O)C2CC2c2ccccc2)C1. The Bertz CT molecular complexity index is 436. The summed E-state index contributed by atoms with van der Waals surface area (Å²) in [6, 6.07) is 10.6. The molecular formula is C18H24O. The average molecular weight is 256 g/mol. The van der Waals surface area contributed by atoms with Gasteiger partial charge in [0.05, 0.1) is 0 Å². The van der Waals surface area contributed by atoms with E-state index in [0.29, 0.717) is 23.5 Å². The first-order valence-electron chi connectivity index (χ1n) is 7.88. The second-order valence-electron chi connectivity index (χ2n) is 6.40. The first-order valence-corrected chi connectivity index (χ1v) is 7.88. The summed E-state index contributed by atoms with van der Waals surface area (Å²) < 4.78 is 0. The van der Waals surface area contributed by atoms with Crippen LogP contribution in [0.1, 0.15) is 56.9 Å². The highest BCUT2D eigenvalue weighted by Crippen LogP contribution is 2.50. The Kier molecular flexibility index (Phi) is 3.72. The fraction of sp³-hybridized carbons (Fsp3) is 0.611. The lowest BCUT2D eigenvalue weighted by atomic mass is 9.77. The average Bonchev–Trinajstić information content (AvgIpc) is 3.28. The van der Waals surface area contributed by atoms with Gasteiger partial charge in [-0.3, -0.25) is 4.79 Å². The smallest absolute Gasteiger partial charge is 0.139 e. The van der Waals surface area contributed by atoms with E-state index in [-0.39, 0.29) is 0 Å². The zero-order valence-electron chi connectivity index (χ0n) is 11.8. The minimum Gasteiger partial charge on any atom is -0.299 e. The fourth-order valence-corrected chi connectivity index (χ4v) is 3.80. The predicted molar refractivity (Wildman–Crippen MR) is 78.0 cm³/mol. The minimum absolute atomic E-state index is 0.336. The van der Waals surface area contributed by atoms with E-state index in [1.807, 2.05) is 0 Å². The number of carbonyl (C=O) groups is 1. The maximum Gasteiger partial charge on any atom is 0.139 e. The molecule has 1 heteroatoms. The highest BCUT2D eigenvalue weighted by molar-refractivity contribution is 5.87. The highest BCUT2D eigenvalue weighted by Gasteiger charge is 2.46. The van der Waals surface area contributed by atoms with E-state index in [1.165, 1.54) is 24.8 Å². The molecule has 2 aliphatic rings. The molecular weight excluding hydrogens is 232 g/mol. The summed E-state index contributed by atoms with van der Waals surface area (Å²) in [4.78, 5) is 12.6. The third-order valence-electron chi connectivity index (χ3n) is 5.15. The lowest BCUT2D eigenvalue weighted by Gasteiger charge is -2.27. The molecule has 1 nitrogen and oxygen atoms in total. The third-order valence-corrected chi connectivity index (χ3v) is 5.15. The van der Waals surface area contributed by atoms with Crippen LogP contribution in [0.5, 0.6) is 0 Å². The number of benzene rings is 1. The van der Waals surface area contributed by atoms with E-state index in [0.717, 1.165) is 25.2 Å². The molecule has 1 aromatic rings. The molecule has 0 heterocycles. The molecule has 0 N–H and O–H groups in total. The standard InChI is InChI=1S/C18H24O/c1-2-13-7-6-10-15(11-13)18(19)17-12-16(17)14-8-4-3-5-9-14/h3-5,8-9,13,15-17H,2,6-7,10-12H2,1H3. The van der Waals surface area contributed by atoms with Crippen LogP contribution in [-0.2, 0) is 4.79 Å². The Hall–Kier alpha value is -1.11. The van der Waals surface area contributed by atoms with E-state index in [1.54, 1.807) is 0 Å². The summed E-state index contributed by atoms with van der Waals surface area (Å²) in [7, 11) is 0. The van der Waals surface area contributed by atoms with Crippen molar-refractivity contribution in [2.45, 2.75) is 51.4 Å². The van der Waals surface area contributed by atoms with Crippen molar-refractivity contribution in [3.05, 3.63) is 35.9 Å². The zero-order chi connectivity index (χ0) is 13.2. The van der Waals surface area contributed by atoms with Crippen LogP contribution in [-0.4, -0.2) is 5.78 Å². The molecule has 0 amide bonds. The summed E-state index contributed by atoms with van der Waals surface area (Å²) in [5, 5.41) is 0. The maximum absolute atomic E-state index is 12.6. The van der Waals surface area contributed by atoms with Gasteiger partial charge in [-0.05, 0) is 36.7 Å². The van der Waals surface area contributed by atoms with Crippen molar-refractivity contribution in [3.8, 4) is 0 Å². The predicted octanol–water partition coefficient (Wildman–Crippen LogP) is 4.58. The molecule has 0 saturated heterocycles. The van der Waals surface area contributed by atoms with Gasteiger partial charge in [0.15, 0.2) is 0 Å². The molecule has 2 fully saturated rings. The van der Waals surface area contributed by atoms with Gasteiger partial charge in [-0.15, -0.1) is 0 Å². The van der Waals surface area contributed by atoms with E-state index < -0.39 is 0 Å². The van der Waals surface area contributed by atoms with Crippen LogP contribution < -0.4 is 0 Å². The molecule has 0 radical (unpaired) electrons. The molecule has 4 atom stereocenters. The largest absolute Gasteiger partial charge is 0.299 e. The molecule has 0 bridgehead atoms. The number of hydrogen-bond acceptors (Lipinski definition) is 1. The second-order valence-corrected chi connectivity index (χ2v) is 6.40. The molecule has 0 aromatic heterocycles. The first-order chi connectivity index (χ1) is 9.29.